The van der Waals surface area contributed by atoms with E-state index in [1.807, 2.05) is 4.90 Å². The molecular formula is C12H18N2O4. The van der Waals surface area contributed by atoms with Gasteiger partial charge in [0.15, 0.2) is 0 Å². The second-order valence-corrected chi connectivity index (χ2v) is 4.87. The van der Waals surface area contributed by atoms with Crippen LogP contribution in [0.5, 0.6) is 0 Å². The van der Waals surface area contributed by atoms with Crippen molar-refractivity contribution in [3.8, 4) is 0 Å². The van der Waals surface area contributed by atoms with Crippen LogP contribution in [0.3, 0.4) is 0 Å². The molecule has 0 aromatic heterocycles. The molecule has 0 aliphatic carbocycles. The average molecular weight is 254 g/mol. The highest BCUT2D eigenvalue weighted by molar-refractivity contribution is 6.05. The lowest BCUT2D eigenvalue weighted by molar-refractivity contribution is -0.149. The number of rotatable bonds is 2. The smallest absolute Gasteiger partial charge is 0.309 e. The fourth-order valence-corrected chi connectivity index (χ4v) is 2.67. The zero-order valence-electron chi connectivity index (χ0n) is 10.7. The van der Waals surface area contributed by atoms with E-state index in [1.165, 1.54) is 19.1 Å². The second kappa shape index (κ2) is 5.06. The predicted molar refractivity (Wildman–Crippen MR) is 62.5 cm³/mol. The van der Waals surface area contributed by atoms with Crippen LogP contribution in [0.25, 0.3) is 0 Å². The van der Waals surface area contributed by atoms with Crippen molar-refractivity contribution >= 4 is 17.8 Å². The molecule has 1 unspecified atom stereocenters. The van der Waals surface area contributed by atoms with Gasteiger partial charge in [0.25, 0.3) is 0 Å². The summed E-state index contributed by atoms with van der Waals surface area (Å²) < 4.78 is 4.74. The summed E-state index contributed by atoms with van der Waals surface area (Å²) in [5.74, 6) is -0.724. The quantitative estimate of drug-likeness (QED) is 0.497. The predicted octanol–water partition coefficient (Wildman–Crippen LogP) is -0.371. The third-order valence-corrected chi connectivity index (χ3v) is 3.79. The van der Waals surface area contributed by atoms with Crippen LogP contribution >= 0.6 is 0 Å². The molecule has 2 aliphatic rings. The van der Waals surface area contributed by atoms with E-state index in [2.05, 4.69) is 0 Å². The zero-order chi connectivity index (χ0) is 13.3. The number of likely N-dealkylation sites (tertiary alicyclic amines) is 2. The molecule has 0 spiro atoms. The highest BCUT2D eigenvalue weighted by Crippen LogP contribution is 2.24. The molecule has 18 heavy (non-hydrogen) atoms. The number of ether oxygens (including phenoxy) is 1. The molecule has 0 bridgehead atoms. The summed E-state index contributed by atoms with van der Waals surface area (Å²) in [6.45, 7) is 1.26. The number of carbonyl (C=O) groups excluding carboxylic acids is 3. The second-order valence-electron chi connectivity index (χ2n) is 4.87. The van der Waals surface area contributed by atoms with E-state index in [4.69, 9.17) is 4.74 Å². The first kappa shape index (κ1) is 13.0. The summed E-state index contributed by atoms with van der Waals surface area (Å²) in [5, 5.41) is 0. The van der Waals surface area contributed by atoms with E-state index in [0.717, 1.165) is 19.4 Å². The Morgan fingerprint density at radius 3 is 2.67 bits per heavy atom. The van der Waals surface area contributed by atoms with Crippen molar-refractivity contribution in [2.45, 2.75) is 25.3 Å². The largest absolute Gasteiger partial charge is 0.469 e. The van der Waals surface area contributed by atoms with Gasteiger partial charge in [-0.25, -0.2) is 0 Å². The van der Waals surface area contributed by atoms with Gasteiger partial charge in [-0.15, -0.1) is 0 Å². The topological polar surface area (TPSA) is 66.9 Å². The molecule has 0 aromatic rings. The van der Waals surface area contributed by atoms with Crippen LogP contribution in [0.15, 0.2) is 0 Å². The lowest BCUT2D eigenvalue weighted by Gasteiger charge is -2.34. The Hall–Kier alpha value is -1.43. The maximum Gasteiger partial charge on any atom is 0.309 e. The fourth-order valence-electron chi connectivity index (χ4n) is 2.67. The van der Waals surface area contributed by atoms with E-state index >= 15 is 0 Å². The minimum absolute atomic E-state index is 0.148. The molecule has 0 saturated carbocycles. The molecule has 0 N–H and O–H groups in total. The summed E-state index contributed by atoms with van der Waals surface area (Å²) in [5.41, 5.74) is 0. The van der Waals surface area contributed by atoms with Crippen molar-refractivity contribution in [1.82, 2.24) is 9.80 Å². The molecule has 2 fully saturated rings. The Morgan fingerprint density at radius 2 is 2.11 bits per heavy atom. The van der Waals surface area contributed by atoms with Crippen molar-refractivity contribution in [2.75, 3.05) is 27.2 Å². The highest BCUT2D eigenvalue weighted by Gasteiger charge is 2.42. The Balaban J connectivity index is 2.03. The van der Waals surface area contributed by atoms with Crippen LogP contribution in [-0.2, 0) is 19.1 Å². The normalized spacial score (nSPS) is 29.8. The van der Waals surface area contributed by atoms with Gasteiger partial charge in [0.05, 0.1) is 25.5 Å². The van der Waals surface area contributed by atoms with Crippen molar-refractivity contribution in [2.24, 2.45) is 5.92 Å². The Kier molecular flexibility index (Phi) is 3.65. The lowest BCUT2D eigenvalue weighted by atomic mass is 9.96. The Bertz CT molecular complexity index is 382. The molecule has 2 saturated heterocycles. The van der Waals surface area contributed by atoms with Crippen LogP contribution in [0, 0.1) is 5.92 Å². The molecule has 2 aliphatic heterocycles. The molecule has 0 radical (unpaired) electrons. The van der Waals surface area contributed by atoms with Gasteiger partial charge in [0, 0.05) is 13.6 Å². The number of amides is 2. The van der Waals surface area contributed by atoms with E-state index < -0.39 is 6.04 Å². The number of imide groups is 1. The average Bonchev–Trinajstić information content (AvgIpc) is 2.66. The first-order valence-electron chi connectivity index (χ1n) is 6.17. The van der Waals surface area contributed by atoms with Gasteiger partial charge < -0.3 is 4.74 Å². The lowest BCUT2D eigenvalue weighted by Crippen LogP contribution is -2.47. The van der Waals surface area contributed by atoms with Crippen molar-refractivity contribution < 1.29 is 19.1 Å². The van der Waals surface area contributed by atoms with Gasteiger partial charge in [0.1, 0.15) is 0 Å². The number of esters is 1. The van der Waals surface area contributed by atoms with Gasteiger partial charge in [-0.3, -0.25) is 24.2 Å². The number of likely N-dealkylation sites (N-methyl/N-ethyl adjacent to an activating group) is 1. The summed E-state index contributed by atoms with van der Waals surface area (Å²) in [7, 11) is 2.88. The summed E-state index contributed by atoms with van der Waals surface area (Å²) in [6.07, 6.45) is 1.86. The molecule has 6 heteroatoms. The Morgan fingerprint density at radius 1 is 1.39 bits per heavy atom. The third-order valence-electron chi connectivity index (χ3n) is 3.79. The van der Waals surface area contributed by atoms with E-state index in [9.17, 15) is 14.4 Å². The monoisotopic (exact) mass is 254 g/mol. The van der Waals surface area contributed by atoms with E-state index in [0.29, 0.717) is 6.54 Å². The number of methoxy groups -OCH3 is 1. The van der Waals surface area contributed by atoms with Crippen LogP contribution < -0.4 is 0 Å². The number of carbonyl (C=O) groups is 3. The SMILES string of the molecule is COC(=O)[C@H]1CCCN(C2CC(=O)N(C)C2=O)C1. The van der Waals surface area contributed by atoms with Crippen LogP contribution in [-0.4, -0.2) is 60.9 Å². The summed E-state index contributed by atoms with van der Waals surface area (Å²) in [6, 6.07) is -0.394. The zero-order valence-corrected chi connectivity index (χ0v) is 10.7. The van der Waals surface area contributed by atoms with E-state index in [-0.39, 0.29) is 30.1 Å². The number of hydrogen-bond donors (Lipinski definition) is 0. The molecule has 100 valence electrons. The summed E-state index contributed by atoms with van der Waals surface area (Å²) in [4.78, 5) is 38.0. The van der Waals surface area contributed by atoms with E-state index in [1.54, 1.807) is 0 Å². The number of hydrogen-bond acceptors (Lipinski definition) is 5. The van der Waals surface area contributed by atoms with Crippen LogP contribution in [0.4, 0.5) is 0 Å². The number of nitrogens with zero attached hydrogens (tertiary/aromatic N) is 2. The first-order valence-corrected chi connectivity index (χ1v) is 6.17. The Labute approximate surface area is 106 Å². The minimum atomic E-state index is -0.394. The minimum Gasteiger partial charge on any atom is -0.469 e. The van der Waals surface area contributed by atoms with Gasteiger partial charge in [0.2, 0.25) is 11.8 Å². The van der Waals surface area contributed by atoms with Gasteiger partial charge in [-0.05, 0) is 19.4 Å². The molecule has 2 atom stereocenters. The van der Waals surface area contributed by atoms with Crippen LogP contribution in [0.2, 0.25) is 0 Å². The molecule has 2 heterocycles. The molecular weight excluding hydrogens is 236 g/mol. The van der Waals surface area contributed by atoms with Gasteiger partial charge in [-0.1, -0.05) is 0 Å². The molecule has 2 rings (SSSR count). The number of piperidine rings is 1. The first-order chi connectivity index (χ1) is 8.54. The standard InChI is InChI=1S/C12H18N2O4/c1-13-10(15)6-9(11(13)16)14-5-3-4-8(7-14)12(17)18-2/h8-9H,3-7H2,1-2H3/t8-,9?/m0/s1. The highest BCUT2D eigenvalue weighted by atomic mass is 16.5. The third kappa shape index (κ3) is 2.25. The molecule has 6 nitrogen and oxygen atoms in total. The fraction of sp³-hybridized carbons (Fsp3) is 0.750. The maximum absolute atomic E-state index is 11.9. The molecule has 0 aromatic carbocycles. The van der Waals surface area contributed by atoms with Gasteiger partial charge >= 0.3 is 5.97 Å². The van der Waals surface area contributed by atoms with Crippen molar-refractivity contribution in [3.63, 3.8) is 0 Å². The maximum atomic E-state index is 11.9. The summed E-state index contributed by atoms with van der Waals surface area (Å²) >= 11 is 0. The van der Waals surface area contributed by atoms with Crippen molar-refractivity contribution in [3.05, 3.63) is 0 Å². The van der Waals surface area contributed by atoms with Gasteiger partial charge in [-0.2, -0.15) is 0 Å². The van der Waals surface area contributed by atoms with Crippen molar-refractivity contribution in [1.29, 1.82) is 0 Å². The molecule has 2 amide bonds. The van der Waals surface area contributed by atoms with Crippen LogP contribution in [0.1, 0.15) is 19.3 Å².